The van der Waals surface area contributed by atoms with Gasteiger partial charge >= 0.3 is 6.18 Å². The Bertz CT molecular complexity index is 616. The van der Waals surface area contributed by atoms with Crippen LogP contribution in [0.15, 0.2) is 29.2 Å². The molecule has 0 aliphatic carbocycles. The summed E-state index contributed by atoms with van der Waals surface area (Å²) in [5.41, 5.74) is -0.0943. The highest BCUT2D eigenvalue weighted by Crippen LogP contribution is 2.19. The normalized spacial score (nSPS) is 12.2. The van der Waals surface area contributed by atoms with Gasteiger partial charge in [-0.25, -0.2) is 8.42 Å². The fraction of sp³-hybridized carbons (Fsp3) is 0.417. The maximum atomic E-state index is 12.5. The van der Waals surface area contributed by atoms with Gasteiger partial charge in [0, 0.05) is 23.7 Å². The minimum Gasteiger partial charge on any atom is -0.329 e. The van der Waals surface area contributed by atoms with E-state index in [1.54, 1.807) is 0 Å². The molecule has 118 valence electrons. The molecule has 1 aromatic carbocycles. The lowest BCUT2D eigenvalue weighted by atomic mass is 10.2. The Morgan fingerprint density at radius 2 is 1.95 bits per heavy atom. The van der Waals surface area contributed by atoms with Crippen LogP contribution in [0, 0.1) is 0 Å². The summed E-state index contributed by atoms with van der Waals surface area (Å²) in [5, 5.41) is 0.181. The molecule has 0 radical (unpaired) electrons. The van der Waals surface area contributed by atoms with Crippen LogP contribution in [0.4, 0.5) is 13.2 Å². The average molecular weight is 388 g/mol. The number of rotatable bonds is 5. The molecule has 1 amide bonds. The van der Waals surface area contributed by atoms with E-state index in [-0.39, 0.29) is 22.3 Å². The minimum absolute atomic E-state index is 0.0943. The lowest BCUT2D eigenvalue weighted by Crippen LogP contribution is -2.40. The number of benzene rings is 1. The molecule has 0 saturated carbocycles. The first-order valence-corrected chi connectivity index (χ1v) is 8.78. The van der Waals surface area contributed by atoms with Crippen molar-refractivity contribution in [2.45, 2.75) is 11.1 Å². The van der Waals surface area contributed by atoms with Crippen LogP contribution in [-0.2, 0) is 9.84 Å². The third-order valence-corrected chi connectivity index (χ3v) is 3.99. The average Bonchev–Trinajstić information content (AvgIpc) is 2.35. The van der Waals surface area contributed by atoms with Gasteiger partial charge in [-0.1, -0.05) is 22.0 Å². The van der Waals surface area contributed by atoms with Crippen molar-refractivity contribution in [2.24, 2.45) is 0 Å². The number of sulfone groups is 1. The van der Waals surface area contributed by atoms with Crippen molar-refractivity contribution >= 4 is 31.7 Å². The van der Waals surface area contributed by atoms with Crippen LogP contribution in [0.5, 0.6) is 0 Å². The topological polar surface area (TPSA) is 54.5 Å². The highest BCUT2D eigenvalue weighted by atomic mass is 79.9. The quantitative estimate of drug-likeness (QED) is 0.729. The number of carbonyl (C=O) groups is 1. The van der Waals surface area contributed by atoms with E-state index in [2.05, 4.69) is 15.9 Å². The SMILES string of the molecule is CS(=O)(=O)c1cccc(C(=O)N(CCBr)CC(F)(F)F)c1. The fourth-order valence-electron chi connectivity index (χ4n) is 1.61. The standard InChI is InChI=1S/C12H13BrF3NO3S/c1-21(19,20)10-4-2-3-9(7-10)11(18)17(6-5-13)8-12(14,15)16/h2-4,7H,5-6,8H2,1H3. The van der Waals surface area contributed by atoms with Crippen molar-refractivity contribution < 1.29 is 26.4 Å². The number of hydrogen-bond acceptors (Lipinski definition) is 3. The zero-order valence-corrected chi connectivity index (χ0v) is 13.4. The summed E-state index contributed by atoms with van der Waals surface area (Å²) >= 11 is 2.99. The van der Waals surface area contributed by atoms with Crippen LogP contribution in [-0.4, -0.2) is 50.1 Å². The molecule has 0 heterocycles. The van der Waals surface area contributed by atoms with Crippen LogP contribution in [0.25, 0.3) is 0 Å². The van der Waals surface area contributed by atoms with E-state index >= 15 is 0 Å². The highest BCUT2D eigenvalue weighted by Gasteiger charge is 2.33. The van der Waals surface area contributed by atoms with E-state index in [0.717, 1.165) is 12.3 Å². The highest BCUT2D eigenvalue weighted by molar-refractivity contribution is 9.09. The zero-order valence-electron chi connectivity index (χ0n) is 11.0. The van der Waals surface area contributed by atoms with Crippen LogP contribution in [0.2, 0.25) is 0 Å². The Morgan fingerprint density at radius 3 is 2.43 bits per heavy atom. The van der Waals surface area contributed by atoms with Crippen LogP contribution in [0.1, 0.15) is 10.4 Å². The molecule has 0 aliphatic heterocycles. The summed E-state index contributed by atoms with van der Waals surface area (Å²) in [7, 11) is -3.53. The second-order valence-electron chi connectivity index (χ2n) is 4.33. The molecule has 0 fully saturated rings. The van der Waals surface area contributed by atoms with E-state index in [1.807, 2.05) is 0 Å². The third kappa shape index (κ3) is 5.66. The Morgan fingerprint density at radius 1 is 1.33 bits per heavy atom. The van der Waals surface area contributed by atoms with Gasteiger partial charge in [0.2, 0.25) is 0 Å². The van der Waals surface area contributed by atoms with Gasteiger partial charge in [0.25, 0.3) is 5.91 Å². The Kier molecular flexibility index (Phi) is 5.80. The van der Waals surface area contributed by atoms with E-state index < -0.39 is 28.5 Å². The molecule has 0 bridgehead atoms. The molecule has 0 unspecified atom stereocenters. The Hall–Kier alpha value is -1.09. The summed E-state index contributed by atoms with van der Waals surface area (Å²) < 4.78 is 60.2. The smallest absolute Gasteiger partial charge is 0.329 e. The van der Waals surface area contributed by atoms with Gasteiger partial charge in [-0.15, -0.1) is 0 Å². The van der Waals surface area contributed by atoms with Crippen molar-refractivity contribution in [2.75, 3.05) is 24.7 Å². The zero-order chi connectivity index (χ0) is 16.3. The van der Waals surface area contributed by atoms with Crippen molar-refractivity contribution in [1.29, 1.82) is 0 Å². The number of nitrogens with zero attached hydrogens (tertiary/aromatic N) is 1. The number of hydrogen-bond donors (Lipinski definition) is 0. The molecule has 0 aliphatic rings. The van der Waals surface area contributed by atoms with E-state index in [9.17, 15) is 26.4 Å². The van der Waals surface area contributed by atoms with E-state index in [0.29, 0.717) is 4.90 Å². The van der Waals surface area contributed by atoms with Gasteiger partial charge in [-0.3, -0.25) is 4.79 Å². The first-order valence-electron chi connectivity index (χ1n) is 5.77. The van der Waals surface area contributed by atoms with Crippen LogP contribution < -0.4 is 0 Å². The van der Waals surface area contributed by atoms with Gasteiger partial charge in [0.05, 0.1) is 4.90 Å². The minimum atomic E-state index is -4.52. The van der Waals surface area contributed by atoms with Crippen molar-refractivity contribution in [3.8, 4) is 0 Å². The maximum Gasteiger partial charge on any atom is 0.406 e. The van der Waals surface area contributed by atoms with Crippen molar-refractivity contribution in [3.63, 3.8) is 0 Å². The largest absolute Gasteiger partial charge is 0.406 e. The predicted octanol–water partition coefficient (Wildman–Crippen LogP) is 2.49. The van der Waals surface area contributed by atoms with E-state index in [1.165, 1.54) is 18.2 Å². The fourth-order valence-corrected chi connectivity index (χ4v) is 2.71. The predicted molar refractivity (Wildman–Crippen MR) is 75.3 cm³/mol. The van der Waals surface area contributed by atoms with Crippen molar-refractivity contribution in [3.05, 3.63) is 29.8 Å². The summed E-state index contributed by atoms with van der Waals surface area (Å²) in [5.74, 6) is -0.864. The summed E-state index contributed by atoms with van der Waals surface area (Å²) in [4.78, 5) is 12.6. The summed E-state index contributed by atoms with van der Waals surface area (Å²) in [6.45, 7) is -1.53. The molecule has 0 atom stereocenters. The van der Waals surface area contributed by atoms with Gasteiger partial charge in [-0.2, -0.15) is 13.2 Å². The first kappa shape index (κ1) is 18.0. The number of carbonyl (C=O) groups excluding carboxylic acids is 1. The molecule has 4 nitrogen and oxygen atoms in total. The maximum absolute atomic E-state index is 12.5. The monoisotopic (exact) mass is 387 g/mol. The molecule has 1 aromatic rings. The first-order chi connectivity index (χ1) is 9.54. The molecule has 0 saturated heterocycles. The van der Waals surface area contributed by atoms with E-state index in [4.69, 9.17) is 0 Å². The summed E-state index contributed by atoms with van der Waals surface area (Å²) in [6.07, 6.45) is -3.56. The molecule has 0 N–H and O–H groups in total. The lowest BCUT2D eigenvalue weighted by Gasteiger charge is -2.23. The molecule has 1 rings (SSSR count). The van der Waals surface area contributed by atoms with Crippen LogP contribution >= 0.6 is 15.9 Å². The van der Waals surface area contributed by atoms with Gasteiger partial charge in [-0.05, 0) is 18.2 Å². The number of amides is 1. The van der Waals surface area contributed by atoms with Gasteiger partial charge < -0.3 is 4.90 Å². The second kappa shape index (κ2) is 6.78. The third-order valence-electron chi connectivity index (χ3n) is 2.52. The molecule has 0 spiro atoms. The molecule has 0 aromatic heterocycles. The molecule has 9 heteroatoms. The number of alkyl halides is 4. The molecular formula is C12H13BrF3NO3S. The molecular weight excluding hydrogens is 375 g/mol. The summed E-state index contributed by atoms with van der Waals surface area (Å²) in [6, 6.07) is 4.97. The second-order valence-corrected chi connectivity index (χ2v) is 7.14. The Balaban J connectivity index is 3.09. The molecule has 21 heavy (non-hydrogen) atoms. The van der Waals surface area contributed by atoms with Gasteiger partial charge in [0.15, 0.2) is 9.84 Å². The van der Waals surface area contributed by atoms with Crippen LogP contribution in [0.3, 0.4) is 0 Å². The Labute approximate surface area is 129 Å². The number of halogens is 4. The van der Waals surface area contributed by atoms with Crippen molar-refractivity contribution in [1.82, 2.24) is 4.90 Å². The van der Waals surface area contributed by atoms with Gasteiger partial charge in [0.1, 0.15) is 6.54 Å². The lowest BCUT2D eigenvalue weighted by molar-refractivity contribution is -0.140.